The molecule has 21 heavy (non-hydrogen) atoms. The maximum absolute atomic E-state index is 12.1. The van der Waals surface area contributed by atoms with Crippen LogP contribution in [-0.2, 0) is 11.3 Å². The molecule has 0 atom stereocenters. The number of thiophene rings is 1. The standard InChI is InChI=1S/C14H13N3O3S/c1-17(14(20)11-4-5-15-16-7-11)8-10-6-12(21-9-10)2-3-13(18)19/h2-7,9H,8H2,1H3,(H,18,19)/b3-2+. The topological polar surface area (TPSA) is 83.4 Å². The minimum atomic E-state index is -0.984. The average molecular weight is 303 g/mol. The van der Waals surface area contributed by atoms with Gasteiger partial charge in [-0.05, 0) is 29.2 Å². The van der Waals surface area contributed by atoms with Crippen LogP contribution in [0.15, 0.2) is 36.0 Å². The van der Waals surface area contributed by atoms with Crippen LogP contribution in [-0.4, -0.2) is 39.1 Å². The molecule has 0 unspecified atom stereocenters. The van der Waals surface area contributed by atoms with Crippen LogP contribution in [0, 0.1) is 0 Å². The summed E-state index contributed by atoms with van der Waals surface area (Å²) < 4.78 is 0. The summed E-state index contributed by atoms with van der Waals surface area (Å²) in [7, 11) is 1.70. The number of carbonyl (C=O) groups is 2. The first kappa shape index (κ1) is 14.9. The smallest absolute Gasteiger partial charge is 0.328 e. The van der Waals surface area contributed by atoms with Crippen LogP contribution in [0.3, 0.4) is 0 Å². The molecule has 1 amide bonds. The molecule has 2 heterocycles. The largest absolute Gasteiger partial charge is 0.478 e. The third kappa shape index (κ3) is 4.22. The summed E-state index contributed by atoms with van der Waals surface area (Å²) in [4.78, 5) is 25.0. The second-order valence-corrected chi connectivity index (χ2v) is 5.26. The molecule has 6 nitrogen and oxygen atoms in total. The summed E-state index contributed by atoms with van der Waals surface area (Å²) in [5.74, 6) is -1.12. The van der Waals surface area contributed by atoms with E-state index in [4.69, 9.17) is 5.11 Å². The van der Waals surface area contributed by atoms with Gasteiger partial charge in [0.15, 0.2) is 0 Å². The molecule has 7 heteroatoms. The van der Waals surface area contributed by atoms with E-state index in [2.05, 4.69) is 10.2 Å². The lowest BCUT2D eigenvalue weighted by Gasteiger charge is -2.15. The molecule has 0 fully saturated rings. The van der Waals surface area contributed by atoms with Crippen molar-refractivity contribution in [2.75, 3.05) is 7.05 Å². The lowest BCUT2D eigenvalue weighted by Crippen LogP contribution is -2.26. The Bertz CT molecular complexity index is 667. The molecule has 0 aliphatic carbocycles. The Morgan fingerprint density at radius 1 is 1.43 bits per heavy atom. The van der Waals surface area contributed by atoms with Gasteiger partial charge in [-0.25, -0.2) is 4.79 Å². The molecular weight excluding hydrogens is 290 g/mol. The Morgan fingerprint density at radius 3 is 2.90 bits per heavy atom. The number of nitrogens with zero attached hydrogens (tertiary/aromatic N) is 3. The van der Waals surface area contributed by atoms with Crippen molar-refractivity contribution in [3.63, 3.8) is 0 Å². The Hall–Kier alpha value is -2.54. The van der Waals surface area contributed by atoms with Crippen LogP contribution in [0.5, 0.6) is 0 Å². The molecule has 108 valence electrons. The van der Waals surface area contributed by atoms with Gasteiger partial charge in [-0.15, -0.1) is 11.3 Å². The van der Waals surface area contributed by atoms with Crippen LogP contribution in [0.4, 0.5) is 0 Å². The monoisotopic (exact) mass is 303 g/mol. The molecule has 2 aromatic rings. The van der Waals surface area contributed by atoms with Crippen LogP contribution < -0.4 is 0 Å². The summed E-state index contributed by atoms with van der Waals surface area (Å²) in [5.41, 5.74) is 1.43. The Morgan fingerprint density at radius 2 is 2.24 bits per heavy atom. The minimum absolute atomic E-state index is 0.140. The van der Waals surface area contributed by atoms with Gasteiger partial charge in [0.1, 0.15) is 0 Å². The molecule has 2 rings (SSSR count). The molecule has 1 N–H and O–H groups in total. The highest BCUT2D eigenvalue weighted by atomic mass is 32.1. The number of carboxylic acids is 1. The van der Waals surface area contributed by atoms with Gasteiger partial charge in [-0.1, -0.05) is 0 Å². The fraction of sp³-hybridized carbons (Fsp3) is 0.143. The number of hydrogen-bond acceptors (Lipinski definition) is 5. The molecule has 2 aromatic heterocycles. The molecule has 0 aromatic carbocycles. The molecule has 0 bridgehead atoms. The summed E-state index contributed by atoms with van der Waals surface area (Å²) in [5, 5.41) is 17.8. The minimum Gasteiger partial charge on any atom is -0.478 e. The van der Waals surface area contributed by atoms with Crippen molar-refractivity contribution in [3.05, 3.63) is 52.0 Å². The third-order valence-electron chi connectivity index (χ3n) is 2.66. The summed E-state index contributed by atoms with van der Waals surface area (Å²) >= 11 is 1.43. The average Bonchev–Trinajstić information content (AvgIpc) is 2.92. The Kier molecular flexibility index (Phi) is 4.78. The normalized spacial score (nSPS) is 10.7. The van der Waals surface area contributed by atoms with E-state index in [9.17, 15) is 9.59 Å². The molecule has 0 radical (unpaired) electrons. The van der Waals surface area contributed by atoms with Crippen molar-refractivity contribution in [2.45, 2.75) is 6.54 Å². The fourth-order valence-corrected chi connectivity index (χ4v) is 2.50. The number of carbonyl (C=O) groups excluding carboxylic acids is 1. The zero-order valence-electron chi connectivity index (χ0n) is 11.3. The number of hydrogen-bond donors (Lipinski definition) is 1. The zero-order chi connectivity index (χ0) is 15.2. The van der Waals surface area contributed by atoms with Crippen LogP contribution in [0.2, 0.25) is 0 Å². The predicted molar refractivity (Wildman–Crippen MR) is 78.8 cm³/mol. The molecule has 0 saturated carbocycles. The van der Waals surface area contributed by atoms with E-state index in [1.165, 1.54) is 29.8 Å². The second-order valence-electron chi connectivity index (χ2n) is 4.32. The highest BCUT2D eigenvalue weighted by Crippen LogP contribution is 2.18. The first-order chi connectivity index (χ1) is 10.1. The number of rotatable bonds is 5. The van der Waals surface area contributed by atoms with Gasteiger partial charge >= 0.3 is 5.97 Å². The number of carboxylic acid groups (broad SMARTS) is 1. The molecule has 0 aliphatic heterocycles. The first-order valence-corrected chi connectivity index (χ1v) is 6.95. The van der Waals surface area contributed by atoms with E-state index < -0.39 is 5.97 Å². The SMILES string of the molecule is CN(Cc1csc(/C=C/C(=O)O)c1)C(=O)c1ccnnc1. The van der Waals surface area contributed by atoms with E-state index in [0.29, 0.717) is 12.1 Å². The number of amides is 1. The van der Waals surface area contributed by atoms with Gasteiger partial charge in [-0.3, -0.25) is 4.79 Å². The van der Waals surface area contributed by atoms with E-state index in [1.807, 2.05) is 11.4 Å². The fourth-order valence-electron chi connectivity index (χ4n) is 1.70. The Balaban J connectivity index is 2.01. The lowest BCUT2D eigenvalue weighted by molar-refractivity contribution is -0.131. The van der Waals surface area contributed by atoms with Crippen molar-refractivity contribution in [2.24, 2.45) is 0 Å². The maximum atomic E-state index is 12.1. The molecule has 0 aliphatic rings. The van der Waals surface area contributed by atoms with Crippen molar-refractivity contribution >= 4 is 29.3 Å². The van der Waals surface area contributed by atoms with Crippen molar-refractivity contribution < 1.29 is 14.7 Å². The van der Waals surface area contributed by atoms with Gasteiger partial charge < -0.3 is 10.0 Å². The van der Waals surface area contributed by atoms with Crippen molar-refractivity contribution in [3.8, 4) is 0 Å². The van der Waals surface area contributed by atoms with Crippen molar-refractivity contribution in [1.29, 1.82) is 0 Å². The molecular formula is C14H13N3O3S. The predicted octanol–water partition coefficient (Wildman–Crippen LogP) is 1.91. The first-order valence-electron chi connectivity index (χ1n) is 6.07. The van der Waals surface area contributed by atoms with E-state index in [1.54, 1.807) is 18.0 Å². The maximum Gasteiger partial charge on any atom is 0.328 e. The highest BCUT2D eigenvalue weighted by Gasteiger charge is 2.12. The Labute approximate surface area is 125 Å². The third-order valence-corrected chi connectivity index (χ3v) is 3.61. The number of aromatic nitrogens is 2. The lowest BCUT2D eigenvalue weighted by atomic mass is 10.2. The molecule has 0 saturated heterocycles. The second kappa shape index (κ2) is 6.76. The van der Waals surface area contributed by atoms with Crippen LogP contribution in [0.1, 0.15) is 20.8 Å². The van der Waals surface area contributed by atoms with Crippen LogP contribution in [0.25, 0.3) is 6.08 Å². The number of aliphatic carboxylic acids is 1. The van der Waals surface area contributed by atoms with Crippen LogP contribution >= 0.6 is 11.3 Å². The van der Waals surface area contributed by atoms with Gasteiger partial charge in [0.2, 0.25) is 0 Å². The molecule has 0 spiro atoms. The van der Waals surface area contributed by atoms with Gasteiger partial charge in [0, 0.05) is 24.5 Å². The summed E-state index contributed by atoms with van der Waals surface area (Å²) in [6.07, 6.45) is 5.52. The van der Waals surface area contributed by atoms with E-state index in [0.717, 1.165) is 16.5 Å². The summed E-state index contributed by atoms with van der Waals surface area (Å²) in [6, 6.07) is 3.47. The van der Waals surface area contributed by atoms with Crippen molar-refractivity contribution in [1.82, 2.24) is 15.1 Å². The zero-order valence-corrected chi connectivity index (χ0v) is 12.1. The quantitative estimate of drug-likeness (QED) is 0.853. The highest BCUT2D eigenvalue weighted by molar-refractivity contribution is 7.11. The van der Waals surface area contributed by atoms with Gasteiger partial charge in [-0.2, -0.15) is 10.2 Å². The van der Waals surface area contributed by atoms with Gasteiger partial charge in [0.25, 0.3) is 5.91 Å². The van der Waals surface area contributed by atoms with E-state index in [-0.39, 0.29) is 5.91 Å². The van der Waals surface area contributed by atoms with Gasteiger partial charge in [0.05, 0.1) is 18.0 Å². The summed E-state index contributed by atoms with van der Waals surface area (Å²) in [6.45, 7) is 0.443. The van der Waals surface area contributed by atoms with E-state index >= 15 is 0 Å².